The lowest BCUT2D eigenvalue weighted by molar-refractivity contribution is 0.329. The maximum absolute atomic E-state index is 13.4. The van der Waals surface area contributed by atoms with Crippen molar-refractivity contribution < 1.29 is 9.13 Å². The van der Waals surface area contributed by atoms with Crippen LogP contribution >= 0.6 is 0 Å². The molecule has 0 aliphatic carbocycles. The molecule has 1 aromatic heterocycles. The second kappa shape index (κ2) is 5.56. The third-order valence-corrected chi connectivity index (χ3v) is 2.62. The number of nitrogens with one attached hydrogen (secondary N) is 1. The van der Waals surface area contributed by atoms with Gasteiger partial charge in [-0.2, -0.15) is 4.98 Å². The van der Waals surface area contributed by atoms with E-state index in [1.165, 1.54) is 6.07 Å². The Balaban J connectivity index is 2.22. The fourth-order valence-electron chi connectivity index (χ4n) is 1.59. The average Bonchev–Trinajstić information content (AvgIpc) is 2.38. The van der Waals surface area contributed by atoms with Crippen LogP contribution in [0.5, 0.6) is 5.88 Å². The number of halogens is 1. The number of aromatic nitrogens is 1. The Morgan fingerprint density at radius 3 is 2.79 bits per heavy atom. The smallest absolute Gasteiger partial charge is 0.239 e. The fraction of sp³-hybridized carbons (Fsp3) is 0.214. The van der Waals surface area contributed by atoms with E-state index in [4.69, 9.17) is 10.5 Å². The Labute approximate surface area is 111 Å². The van der Waals surface area contributed by atoms with E-state index in [-0.39, 0.29) is 5.82 Å². The monoisotopic (exact) mass is 261 g/mol. The van der Waals surface area contributed by atoms with Crippen LogP contribution < -0.4 is 15.8 Å². The zero-order chi connectivity index (χ0) is 13.8. The van der Waals surface area contributed by atoms with E-state index in [0.29, 0.717) is 35.2 Å². The fourth-order valence-corrected chi connectivity index (χ4v) is 1.59. The van der Waals surface area contributed by atoms with Crippen LogP contribution in [0.1, 0.15) is 12.5 Å². The number of aryl methyl sites for hydroxylation is 1. The first-order valence-electron chi connectivity index (χ1n) is 6.02. The predicted molar refractivity (Wildman–Crippen MR) is 74.2 cm³/mol. The zero-order valence-electron chi connectivity index (χ0n) is 10.9. The minimum absolute atomic E-state index is 0.259. The normalized spacial score (nSPS) is 10.3. The molecule has 0 radical (unpaired) electrons. The number of pyridine rings is 1. The molecule has 1 heterocycles. The lowest BCUT2D eigenvalue weighted by Gasteiger charge is -2.10. The van der Waals surface area contributed by atoms with Crippen molar-refractivity contribution in [3.8, 4) is 5.88 Å². The molecule has 0 fully saturated rings. The summed E-state index contributed by atoms with van der Waals surface area (Å²) in [4.78, 5) is 4.23. The summed E-state index contributed by atoms with van der Waals surface area (Å²) in [5.41, 5.74) is 7.44. The number of hydrogen-bond acceptors (Lipinski definition) is 4. The summed E-state index contributed by atoms with van der Waals surface area (Å²) in [7, 11) is 0. The summed E-state index contributed by atoms with van der Waals surface area (Å²) in [6.45, 7) is 4.06. The van der Waals surface area contributed by atoms with Gasteiger partial charge in [0.05, 0.1) is 12.3 Å². The Bertz CT molecular complexity index is 587. The van der Waals surface area contributed by atoms with Gasteiger partial charge in [0, 0.05) is 5.69 Å². The summed E-state index contributed by atoms with van der Waals surface area (Å²) < 4.78 is 18.7. The first-order chi connectivity index (χ1) is 9.10. The van der Waals surface area contributed by atoms with E-state index >= 15 is 0 Å². The number of nitrogens with zero attached hydrogens (tertiary/aromatic N) is 1. The van der Waals surface area contributed by atoms with E-state index in [0.717, 1.165) is 0 Å². The average molecular weight is 261 g/mol. The summed E-state index contributed by atoms with van der Waals surface area (Å²) >= 11 is 0. The Morgan fingerprint density at radius 2 is 2.11 bits per heavy atom. The van der Waals surface area contributed by atoms with Gasteiger partial charge < -0.3 is 15.8 Å². The van der Waals surface area contributed by atoms with Crippen LogP contribution in [0.4, 0.5) is 21.6 Å². The molecule has 0 spiro atoms. The minimum Gasteiger partial charge on any atom is -0.476 e. The molecule has 5 heteroatoms. The molecular formula is C14H16FN3O. The van der Waals surface area contributed by atoms with Crippen LogP contribution in [0.15, 0.2) is 30.3 Å². The van der Waals surface area contributed by atoms with Gasteiger partial charge in [-0.25, -0.2) is 4.39 Å². The van der Waals surface area contributed by atoms with Gasteiger partial charge in [0.1, 0.15) is 11.6 Å². The standard InChI is InChI=1S/C14H16FN3O/c1-3-19-14-12(16)6-7-13(18-14)17-10-5-4-9(2)11(15)8-10/h4-8H,3,16H2,1-2H3,(H,17,18). The van der Waals surface area contributed by atoms with Crippen molar-refractivity contribution >= 4 is 17.2 Å². The van der Waals surface area contributed by atoms with Crippen molar-refractivity contribution in [3.05, 3.63) is 41.7 Å². The van der Waals surface area contributed by atoms with Gasteiger partial charge in [-0.05, 0) is 43.7 Å². The number of hydrogen-bond donors (Lipinski definition) is 2. The number of benzene rings is 1. The first kappa shape index (κ1) is 13.1. The molecule has 100 valence electrons. The van der Waals surface area contributed by atoms with Crippen LogP contribution in [0, 0.1) is 12.7 Å². The van der Waals surface area contributed by atoms with Crippen molar-refractivity contribution in [2.45, 2.75) is 13.8 Å². The summed E-state index contributed by atoms with van der Waals surface area (Å²) in [6.07, 6.45) is 0. The van der Waals surface area contributed by atoms with Crippen LogP contribution in [0.3, 0.4) is 0 Å². The van der Waals surface area contributed by atoms with Crippen LogP contribution in [0.2, 0.25) is 0 Å². The van der Waals surface area contributed by atoms with Crippen LogP contribution in [0.25, 0.3) is 0 Å². The highest BCUT2D eigenvalue weighted by atomic mass is 19.1. The lowest BCUT2D eigenvalue weighted by Crippen LogP contribution is -2.02. The molecule has 0 saturated heterocycles. The molecule has 2 aromatic rings. The van der Waals surface area contributed by atoms with Gasteiger partial charge in [0.2, 0.25) is 5.88 Å². The van der Waals surface area contributed by atoms with E-state index in [1.54, 1.807) is 31.2 Å². The highest BCUT2D eigenvalue weighted by Crippen LogP contribution is 2.24. The summed E-state index contributed by atoms with van der Waals surface area (Å²) in [6, 6.07) is 8.34. The first-order valence-corrected chi connectivity index (χ1v) is 6.02. The number of nitrogen functional groups attached to an aromatic ring is 1. The van der Waals surface area contributed by atoms with Gasteiger partial charge in [-0.3, -0.25) is 0 Å². The molecule has 4 nitrogen and oxygen atoms in total. The lowest BCUT2D eigenvalue weighted by atomic mass is 10.2. The summed E-state index contributed by atoms with van der Waals surface area (Å²) in [5.74, 6) is 0.673. The Kier molecular flexibility index (Phi) is 3.85. The van der Waals surface area contributed by atoms with Crippen molar-refractivity contribution in [2.75, 3.05) is 17.7 Å². The largest absolute Gasteiger partial charge is 0.476 e. The molecule has 1 aromatic carbocycles. The molecule has 0 unspecified atom stereocenters. The Morgan fingerprint density at radius 1 is 1.32 bits per heavy atom. The minimum atomic E-state index is -0.259. The van der Waals surface area contributed by atoms with Crippen molar-refractivity contribution in [1.29, 1.82) is 0 Å². The predicted octanol–water partition coefficient (Wildman–Crippen LogP) is 3.25. The molecule has 3 N–H and O–H groups in total. The van der Waals surface area contributed by atoms with Crippen molar-refractivity contribution in [2.24, 2.45) is 0 Å². The molecule has 0 atom stereocenters. The highest BCUT2D eigenvalue weighted by molar-refractivity contribution is 5.61. The van der Waals surface area contributed by atoms with E-state index in [9.17, 15) is 4.39 Å². The van der Waals surface area contributed by atoms with E-state index < -0.39 is 0 Å². The number of anilines is 3. The molecule has 2 rings (SSSR count). The van der Waals surface area contributed by atoms with E-state index in [1.807, 2.05) is 6.92 Å². The van der Waals surface area contributed by atoms with Gasteiger partial charge in [-0.15, -0.1) is 0 Å². The van der Waals surface area contributed by atoms with Gasteiger partial charge >= 0.3 is 0 Å². The van der Waals surface area contributed by atoms with Gasteiger partial charge in [0.15, 0.2) is 0 Å². The SMILES string of the molecule is CCOc1nc(Nc2ccc(C)c(F)c2)ccc1N. The van der Waals surface area contributed by atoms with E-state index in [2.05, 4.69) is 10.3 Å². The third-order valence-electron chi connectivity index (χ3n) is 2.62. The maximum Gasteiger partial charge on any atom is 0.239 e. The molecule has 19 heavy (non-hydrogen) atoms. The third kappa shape index (κ3) is 3.13. The van der Waals surface area contributed by atoms with Gasteiger partial charge in [-0.1, -0.05) is 6.07 Å². The van der Waals surface area contributed by atoms with Crippen molar-refractivity contribution in [3.63, 3.8) is 0 Å². The zero-order valence-corrected chi connectivity index (χ0v) is 10.9. The number of ether oxygens (including phenoxy) is 1. The van der Waals surface area contributed by atoms with Crippen molar-refractivity contribution in [1.82, 2.24) is 4.98 Å². The second-order valence-corrected chi connectivity index (χ2v) is 4.11. The number of rotatable bonds is 4. The van der Waals surface area contributed by atoms with Gasteiger partial charge in [0.25, 0.3) is 0 Å². The molecule has 0 saturated carbocycles. The quantitative estimate of drug-likeness (QED) is 0.886. The topological polar surface area (TPSA) is 60.2 Å². The van der Waals surface area contributed by atoms with Crippen LogP contribution in [-0.2, 0) is 0 Å². The Hall–Kier alpha value is -2.30. The number of nitrogens with two attached hydrogens (primary N) is 1. The summed E-state index contributed by atoms with van der Waals surface area (Å²) in [5, 5.41) is 3.01. The molecule has 0 bridgehead atoms. The molecule has 0 aliphatic rings. The molecular weight excluding hydrogens is 245 g/mol. The highest BCUT2D eigenvalue weighted by Gasteiger charge is 2.05. The maximum atomic E-state index is 13.4. The van der Waals surface area contributed by atoms with Crippen LogP contribution in [-0.4, -0.2) is 11.6 Å². The molecule has 0 aliphatic heterocycles. The molecule has 0 amide bonds. The second-order valence-electron chi connectivity index (χ2n) is 4.11.